The zero-order valence-electron chi connectivity index (χ0n) is 13.2. The molecule has 1 rings (SSSR count). The predicted molar refractivity (Wildman–Crippen MR) is 80.1 cm³/mol. The van der Waals surface area contributed by atoms with Gasteiger partial charge in [-0.1, -0.05) is 0 Å². The molecule has 124 valence electrons. The largest absolute Gasteiger partial charge is 0.494 e. The molecule has 8 nitrogen and oxygen atoms in total. The van der Waals surface area contributed by atoms with E-state index in [1.165, 1.54) is 39.5 Å². The number of rotatable bonds is 6. The molecule has 0 bridgehead atoms. The lowest BCUT2D eigenvalue weighted by atomic mass is 10.1. The van der Waals surface area contributed by atoms with Crippen LogP contribution in [0.4, 0.5) is 5.69 Å². The molecule has 0 N–H and O–H groups in total. The zero-order valence-corrected chi connectivity index (χ0v) is 13.2. The number of nitrogens with zero attached hydrogens (tertiary/aromatic N) is 1. The maximum atomic E-state index is 11.7. The van der Waals surface area contributed by atoms with Crippen molar-refractivity contribution in [3.8, 4) is 5.75 Å². The van der Waals surface area contributed by atoms with Gasteiger partial charge in [-0.2, -0.15) is 0 Å². The summed E-state index contributed by atoms with van der Waals surface area (Å²) < 4.78 is 18.9. The van der Waals surface area contributed by atoms with Gasteiger partial charge in [0, 0.05) is 0 Å². The van der Waals surface area contributed by atoms with Gasteiger partial charge in [-0.25, -0.2) is 14.6 Å². The first-order valence-corrected chi connectivity index (χ1v) is 6.45. The highest BCUT2D eigenvalue weighted by atomic mass is 16.5. The Morgan fingerprint density at radius 3 is 2.22 bits per heavy atom. The summed E-state index contributed by atoms with van der Waals surface area (Å²) in [6, 6.07) is 4.37. The van der Waals surface area contributed by atoms with Gasteiger partial charge < -0.3 is 18.9 Å². The van der Waals surface area contributed by atoms with Crippen molar-refractivity contribution in [1.82, 2.24) is 0 Å². The van der Waals surface area contributed by atoms with E-state index in [4.69, 9.17) is 4.74 Å². The molecule has 0 amide bonds. The fourth-order valence-electron chi connectivity index (χ4n) is 1.65. The molecule has 0 spiro atoms. The third-order valence-corrected chi connectivity index (χ3v) is 2.82. The molecule has 23 heavy (non-hydrogen) atoms. The molecular formula is C15H17NO7. The Kier molecular flexibility index (Phi) is 6.72. The van der Waals surface area contributed by atoms with Gasteiger partial charge in [-0.3, -0.25) is 4.79 Å². The van der Waals surface area contributed by atoms with E-state index in [-0.39, 0.29) is 23.4 Å². The Morgan fingerprint density at radius 2 is 1.70 bits per heavy atom. The summed E-state index contributed by atoms with van der Waals surface area (Å²) in [5.41, 5.74) is 0.216. The average Bonchev–Trinajstić information content (AvgIpc) is 2.59. The van der Waals surface area contributed by atoms with Crippen molar-refractivity contribution >= 4 is 29.3 Å². The van der Waals surface area contributed by atoms with E-state index < -0.39 is 17.9 Å². The molecule has 0 unspecified atom stereocenters. The quantitative estimate of drug-likeness (QED) is 0.442. The first kappa shape index (κ1) is 18.1. The summed E-state index contributed by atoms with van der Waals surface area (Å²) in [4.78, 5) is 38.8. The number of methoxy groups -OCH3 is 4. The molecule has 1 aromatic carbocycles. The highest BCUT2D eigenvalue weighted by Crippen LogP contribution is 2.29. The van der Waals surface area contributed by atoms with Gasteiger partial charge in [-0.05, 0) is 18.2 Å². The third kappa shape index (κ3) is 4.80. The summed E-state index contributed by atoms with van der Waals surface area (Å²) in [6.45, 7) is 0. The third-order valence-electron chi connectivity index (χ3n) is 2.82. The number of benzene rings is 1. The van der Waals surface area contributed by atoms with Crippen LogP contribution in [0.5, 0.6) is 5.75 Å². The molecule has 0 saturated carbocycles. The van der Waals surface area contributed by atoms with Crippen LogP contribution in [0, 0.1) is 0 Å². The van der Waals surface area contributed by atoms with E-state index in [0.717, 1.165) is 7.11 Å². The second kappa shape index (κ2) is 8.52. The van der Waals surface area contributed by atoms with E-state index >= 15 is 0 Å². The van der Waals surface area contributed by atoms with Crippen LogP contribution in [-0.4, -0.2) is 52.1 Å². The maximum Gasteiger partial charge on any atom is 0.353 e. The number of carbonyl (C=O) groups excluding carboxylic acids is 3. The van der Waals surface area contributed by atoms with Crippen molar-refractivity contribution < 1.29 is 33.3 Å². The van der Waals surface area contributed by atoms with Crippen molar-refractivity contribution in [2.75, 3.05) is 28.4 Å². The van der Waals surface area contributed by atoms with Gasteiger partial charge in [0.1, 0.15) is 17.1 Å². The summed E-state index contributed by atoms with van der Waals surface area (Å²) in [5.74, 6) is -1.71. The Balaban J connectivity index is 3.34. The summed E-state index contributed by atoms with van der Waals surface area (Å²) in [5, 5.41) is 0. The van der Waals surface area contributed by atoms with Crippen molar-refractivity contribution in [2.45, 2.75) is 6.42 Å². The van der Waals surface area contributed by atoms with E-state index in [2.05, 4.69) is 19.2 Å². The minimum Gasteiger partial charge on any atom is -0.494 e. The van der Waals surface area contributed by atoms with Crippen LogP contribution in [0.1, 0.15) is 16.8 Å². The van der Waals surface area contributed by atoms with Gasteiger partial charge >= 0.3 is 17.9 Å². The number of carbonyl (C=O) groups is 3. The lowest BCUT2D eigenvalue weighted by molar-refractivity contribution is -0.140. The fourth-order valence-corrected chi connectivity index (χ4v) is 1.65. The second-order valence-electron chi connectivity index (χ2n) is 4.18. The number of hydrogen-bond acceptors (Lipinski definition) is 8. The average molecular weight is 323 g/mol. The topological polar surface area (TPSA) is 100 Å². The summed E-state index contributed by atoms with van der Waals surface area (Å²) in [6.07, 6.45) is -0.380. The molecule has 0 aliphatic carbocycles. The van der Waals surface area contributed by atoms with Crippen LogP contribution < -0.4 is 4.74 Å². The molecule has 0 radical (unpaired) electrons. The van der Waals surface area contributed by atoms with E-state index in [1.54, 1.807) is 0 Å². The highest BCUT2D eigenvalue weighted by Gasteiger charge is 2.19. The van der Waals surface area contributed by atoms with Crippen molar-refractivity contribution in [3.63, 3.8) is 0 Å². The second-order valence-corrected chi connectivity index (χ2v) is 4.18. The molecule has 0 aliphatic heterocycles. The standard InChI is InChI=1S/C15H17NO7/c1-20-12-6-5-9(14(18)22-3)7-10(12)16-11(15(19)23-4)8-13(17)21-2/h5-7H,8H2,1-4H3. The van der Waals surface area contributed by atoms with E-state index in [9.17, 15) is 14.4 Å². The van der Waals surface area contributed by atoms with Crippen LogP contribution in [-0.2, 0) is 23.8 Å². The number of aliphatic imine (C=N–C) groups is 1. The molecule has 0 fully saturated rings. The van der Waals surface area contributed by atoms with Gasteiger partial charge in [0.05, 0.1) is 40.4 Å². The molecule has 0 aromatic heterocycles. The van der Waals surface area contributed by atoms with Gasteiger partial charge in [-0.15, -0.1) is 0 Å². The molecule has 1 aromatic rings. The van der Waals surface area contributed by atoms with E-state index in [1.807, 2.05) is 0 Å². The van der Waals surface area contributed by atoms with Crippen LogP contribution in [0.2, 0.25) is 0 Å². The molecule has 0 aliphatic rings. The Labute approximate surface area is 133 Å². The van der Waals surface area contributed by atoms with Crippen LogP contribution in [0.15, 0.2) is 23.2 Å². The summed E-state index contributed by atoms with van der Waals surface area (Å²) >= 11 is 0. The lowest BCUT2D eigenvalue weighted by Gasteiger charge is -2.08. The molecule has 0 atom stereocenters. The number of esters is 3. The van der Waals surface area contributed by atoms with Gasteiger partial charge in [0.2, 0.25) is 0 Å². The monoisotopic (exact) mass is 323 g/mol. The van der Waals surface area contributed by atoms with Crippen molar-refractivity contribution in [3.05, 3.63) is 23.8 Å². The smallest absolute Gasteiger partial charge is 0.353 e. The minimum absolute atomic E-state index is 0.180. The predicted octanol–water partition coefficient (Wildman–Crippen LogP) is 1.29. The van der Waals surface area contributed by atoms with Gasteiger partial charge in [0.25, 0.3) is 0 Å². The van der Waals surface area contributed by atoms with Crippen molar-refractivity contribution in [1.29, 1.82) is 0 Å². The Morgan fingerprint density at radius 1 is 1.00 bits per heavy atom. The lowest BCUT2D eigenvalue weighted by Crippen LogP contribution is -2.20. The Bertz CT molecular complexity index is 637. The molecular weight excluding hydrogens is 306 g/mol. The van der Waals surface area contributed by atoms with Crippen LogP contribution in [0.3, 0.4) is 0 Å². The van der Waals surface area contributed by atoms with Gasteiger partial charge in [0.15, 0.2) is 0 Å². The SMILES string of the molecule is COC(=O)CC(=Nc1cc(C(=O)OC)ccc1OC)C(=O)OC. The highest BCUT2D eigenvalue weighted by molar-refractivity contribution is 6.39. The Hall–Kier alpha value is -2.90. The van der Waals surface area contributed by atoms with E-state index in [0.29, 0.717) is 5.75 Å². The number of hydrogen-bond donors (Lipinski definition) is 0. The zero-order chi connectivity index (χ0) is 17.4. The first-order valence-electron chi connectivity index (χ1n) is 6.45. The first-order chi connectivity index (χ1) is 11.0. The summed E-state index contributed by atoms with van der Waals surface area (Å²) in [7, 11) is 5.00. The maximum absolute atomic E-state index is 11.7. The molecule has 8 heteroatoms. The normalized spacial score (nSPS) is 10.7. The van der Waals surface area contributed by atoms with Crippen LogP contribution >= 0.6 is 0 Å². The minimum atomic E-state index is -0.791. The fraction of sp³-hybridized carbons (Fsp3) is 0.333. The van der Waals surface area contributed by atoms with Crippen molar-refractivity contribution in [2.24, 2.45) is 4.99 Å². The molecule has 0 heterocycles. The van der Waals surface area contributed by atoms with Crippen LogP contribution in [0.25, 0.3) is 0 Å². The number of ether oxygens (including phenoxy) is 4. The molecule has 0 saturated heterocycles.